The Morgan fingerprint density at radius 2 is 2.33 bits per heavy atom. The lowest BCUT2D eigenvalue weighted by Crippen LogP contribution is -2.42. The van der Waals surface area contributed by atoms with Crippen molar-refractivity contribution in [3.8, 4) is 0 Å². The Hall–Kier alpha value is -2.10. The molecule has 18 heavy (non-hydrogen) atoms. The minimum atomic E-state index is -3.17. The van der Waals surface area contributed by atoms with E-state index in [1.165, 1.54) is 0 Å². The van der Waals surface area contributed by atoms with Crippen molar-refractivity contribution in [3.63, 3.8) is 0 Å². The van der Waals surface area contributed by atoms with Gasteiger partial charge in [0.2, 0.25) is 5.91 Å². The maximum Gasteiger partial charge on any atom is 0.307 e. The predicted molar refractivity (Wildman–Crippen MR) is 55.9 cm³/mol. The number of aromatic nitrogens is 2. The number of hydrogen-bond acceptors (Lipinski definition) is 5. The minimum Gasteiger partial charge on any atom is -0.348 e. The van der Waals surface area contributed by atoms with Crippen LogP contribution in [0.4, 0.5) is 14.5 Å². The Balaban J connectivity index is 2.47. The molecule has 0 bridgehead atoms. The number of halogens is 2. The second-order valence-corrected chi connectivity index (χ2v) is 3.49. The standard InChI is InChI=1S/C8H11F2N5O3/c9-8(10,4-11)5-12-7(16)3-14-2-6(1-13-14)15(17)18/h1-2H,3-5,11H2,(H,12,16). The van der Waals surface area contributed by atoms with Crippen molar-refractivity contribution in [3.05, 3.63) is 22.5 Å². The summed E-state index contributed by atoms with van der Waals surface area (Å²) in [6.45, 7) is -2.14. The second-order valence-electron chi connectivity index (χ2n) is 3.49. The average Bonchev–Trinajstić information content (AvgIpc) is 2.75. The topological polar surface area (TPSA) is 116 Å². The molecular formula is C8H11F2N5O3. The van der Waals surface area contributed by atoms with E-state index < -0.39 is 29.8 Å². The molecule has 0 atom stereocenters. The van der Waals surface area contributed by atoms with Crippen LogP contribution in [0.1, 0.15) is 0 Å². The van der Waals surface area contributed by atoms with E-state index >= 15 is 0 Å². The highest BCUT2D eigenvalue weighted by Gasteiger charge is 2.27. The van der Waals surface area contributed by atoms with Crippen LogP contribution in [0.3, 0.4) is 0 Å². The minimum absolute atomic E-state index is 0.282. The van der Waals surface area contributed by atoms with E-state index in [2.05, 4.69) is 5.10 Å². The van der Waals surface area contributed by atoms with Gasteiger partial charge in [-0.25, -0.2) is 8.78 Å². The molecule has 0 radical (unpaired) electrons. The van der Waals surface area contributed by atoms with Crippen molar-refractivity contribution >= 4 is 11.6 Å². The molecule has 0 saturated heterocycles. The number of carbonyl (C=O) groups excluding carboxylic acids is 1. The molecule has 0 spiro atoms. The first-order chi connectivity index (χ1) is 8.34. The van der Waals surface area contributed by atoms with E-state index in [9.17, 15) is 23.7 Å². The molecule has 0 aliphatic carbocycles. The number of nitrogens with zero attached hydrogens (tertiary/aromatic N) is 3. The lowest BCUT2D eigenvalue weighted by molar-refractivity contribution is -0.385. The van der Waals surface area contributed by atoms with Gasteiger partial charge in [0.05, 0.1) is 18.0 Å². The van der Waals surface area contributed by atoms with Crippen LogP contribution in [0.25, 0.3) is 0 Å². The van der Waals surface area contributed by atoms with Crippen LogP contribution in [0, 0.1) is 10.1 Å². The van der Waals surface area contributed by atoms with E-state index in [0.29, 0.717) is 0 Å². The van der Waals surface area contributed by atoms with E-state index in [1.807, 2.05) is 5.32 Å². The molecule has 1 rings (SSSR count). The zero-order valence-corrected chi connectivity index (χ0v) is 9.18. The molecular weight excluding hydrogens is 252 g/mol. The number of nitrogens with one attached hydrogen (secondary N) is 1. The fourth-order valence-electron chi connectivity index (χ4n) is 1.04. The number of rotatable bonds is 6. The molecule has 0 aliphatic heterocycles. The van der Waals surface area contributed by atoms with Crippen LogP contribution in [-0.2, 0) is 11.3 Å². The number of amides is 1. The zero-order chi connectivity index (χ0) is 13.8. The lowest BCUT2D eigenvalue weighted by Gasteiger charge is -2.14. The largest absolute Gasteiger partial charge is 0.348 e. The van der Waals surface area contributed by atoms with Gasteiger partial charge in [0.15, 0.2) is 0 Å². The molecule has 0 aromatic carbocycles. The van der Waals surface area contributed by atoms with E-state index in [0.717, 1.165) is 17.1 Å². The fraction of sp³-hybridized carbons (Fsp3) is 0.500. The number of hydrogen-bond donors (Lipinski definition) is 2. The number of alkyl halides is 2. The third-order valence-electron chi connectivity index (χ3n) is 1.98. The molecule has 100 valence electrons. The van der Waals surface area contributed by atoms with Crippen molar-refractivity contribution < 1.29 is 18.5 Å². The molecule has 1 aromatic rings. The molecule has 0 saturated carbocycles. The van der Waals surface area contributed by atoms with Crippen LogP contribution in [0.15, 0.2) is 12.4 Å². The molecule has 0 unspecified atom stereocenters. The van der Waals surface area contributed by atoms with Crippen molar-refractivity contribution in [2.45, 2.75) is 12.5 Å². The highest BCUT2D eigenvalue weighted by Crippen LogP contribution is 2.09. The Labute approximate surface area is 99.9 Å². The van der Waals surface area contributed by atoms with E-state index in [-0.39, 0.29) is 12.2 Å². The van der Waals surface area contributed by atoms with Gasteiger partial charge < -0.3 is 11.1 Å². The Morgan fingerprint density at radius 1 is 1.67 bits per heavy atom. The first-order valence-electron chi connectivity index (χ1n) is 4.85. The summed E-state index contributed by atoms with van der Waals surface area (Å²) in [5.74, 6) is -3.91. The maximum atomic E-state index is 12.7. The molecule has 3 N–H and O–H groups in total. The highest BCUT2D eigenvalue weighted by atomic mass is 19.3. The maximum absolute atomic E-state index is 12.7. The van der Waals surface area contributed by atoms with Gasteiger partial charge in [-0.15, -0.1) is 0 Å². The molecule has 0 fully saturated rings. The monoisotopic (exact) mass is 263 g/mol. The number of nitro groups is 1. The summed E-state index contributed by atoms with van der Waals surface area (Å²) < 4.78 is 26.4. The summed E-state index contributed by atoms with van der Waals surface area (Å²) in [6, 6.07) is 0. The number of nitrogens with two attached hydrogens (primary N) is 1. The van der Waals surface area contributed by atoms with Gasteiger partial charge in [-0.3, -0.25) is 19.6 Å². The van der Waals surface area contributed by atoms with Gasteiger partial charge >= 0.3 is 5.69 Å². The van der Waals surface area contributed by atoms with Crippen LogP contribution in [0.2, 0.25) is 0 Å². The summed E-state index contributed by atoms with van der Waals surface area (Å²) in [5.41, 5.74) is 4.51. The van der Waals surface area contributed by atoms with Gasteiger partial charge in [0.25, 0.3) is 5.92 Å². The Morgan fingerprint density at radius 3 is 2.83 bits per heavy atom. The summed E-state index contributed by atoms with van der Waals surface area (Å²) in [7, 11) is 0. The molecule has 8 nitrogen and oxygen atoms in total. The molecule has 1 aromatic heterocycles. The molecule has 1 amide bonds. The van der Waals surface area contributed by atoms with E-state index in [1.54, 1.807) is 0 Å². The Bertz CT molecular complexity index is 448. The first kappa shape index (κ1) is 14.0. The van der Waals surface area contributed by atoms with Crippen LogP contribution < -0.4 is 11.1 Å². The smallest absolute Gasteiger partial charge is 0.307 e. The first-order valence-corrected chi connectivity index (χ1v) is 4.85. The third-order valence-corrected chi connectivity index (χ3v) is 1.98. The molecule has 10 heteroatoms. The molecule has 1 heterocycles. The average molecular weight is 263 g/mol. The van der Waals surface area contributed by atoms with Crippen molar-refractivity contribution in [1.29, 1.82) is 0 Å². The second kappa shape index (κ2) is 5.49. The lowest BCUT2D eigenvalue weighted by atomic mass is 10.3. The summed E-state index contributed by atoms with van der Waals surface area (Å²) >= 11 is 0. The van der Waals surface area contributed by atoms with Crippen molar-refractivity contribution in [2.24, 2.45) is 5.73 Å². The van der Waals surface area contributed by atoms with Gasteiger partial charge in [-0.05, 0) is 0 Å². The van der Waals surface area contributed by atoms with Crippen LogP contribution in [-0.4, -0.2) is 39.6 Å². The fourth-order valence-corrected chi connectivity index (χ4v) is 1.04. The third kappa shape index (κ3) is 4.05. The Kier molecular flexibility index (Phi) is 4.26. The van der Waals surface area contributed by atoms with Crippen LogP contribution >= 0.6 is 0 Å². The molecule has 0 aliphatic rings. The van der Waals surface area contributed by atoms with Gasteiger partial charge in [-0.1, -0.05) is 0 Å². The number of carbonyl (C=O) groups is 1. The predicted octanol–water partition coefficient (Wildman–Crippen LogP) is -0.498. The summed E-state index contributed by atoms with van der Waals surface area (Å²) in [6.07, 6.45) is 1.99. The highest BCUT2D eigenvalue weighted by molar-refractivity contribution is 5.75. The van der Waals surface area contributed by atoms with Crippen molar-refractivity contribution in [1.82, 2.24) is 15.1 Å². The normalized spacial score (nSPS) is 11.3. The quantitative estimate of drug-likeness (QED) is 0.530. The van der Waals surface area contributed by atoms with Gasteiger partial charge in [0, 0.05) is 0 Å². The van der Waals surface area contributed by atoms with Gasteiger partial charge in [-0.2, -0.15) is 5.10 Å². The van der Waals surface area contributed by atoms with Crippen LogP contribution in [0.5, 0.6) is 0 Å². The summed E-state index contributed by atoms with van der Waals surface area (Å²) in [4.78, 5) is 20.9. The van der Waals surface area contributed by atoms with Crippen molar-refractivity contribution in [2.75, 3.05) is 13.1 Å². The van der Waals surface area contributed by atoms with Gasteiger partial charge in [0.1, 0.15) is 18.9 Å². The zero-order valence-electron chi connectivity index (χ0n) is 9.18. The van der Waals surface area contributed by atoms with E-state index in [4.69, 9.17) is 5.73 Å². The summed E-state index contributed by atoms with van der Waals surface area (Å²) in [5, 5.41) is 15.8. The SMILES string of the molecule is NCC(F)(F)CNC(=O)Cn1cc([N+](=O)[O-])cn1.